The van der Waals surface area contributed by atoms with Crippen molar-refractivity contribution in [2.75, 3.05) is 11.9 Å². The maximum absolute atomic E-state index is 13.8. The second kappa shape index (κ2) is 13.3. The van der Waals surface area contributed by atoms with Gasteiger partial charge in [0, 0.05) is 11.6 Å². The van der Waals surface area contributed by atoms with E-state index in [1.807, 2.05) is 35.6 Å². The molecular weight excluding hydrogens is 618 g/mol. The highest BCUT2D eigenvalue weighted by atomic mass is 35.5. The Bertz CT molecular complexity index is 1820. The molecule has 2 heterocycles. The van der Waals surface area contributed by atoms with Gasteiger partial charge in [-0.25, -0.2) is 13.8 Å². The SMILES string of the molecule is Cc1cc(NC(=O)c2nnn(-c3ccc(C(=O)NCC(F)(F)F)cc3)c2COCc2ccccc2)n(-c2ccc(F)c(Cl)c2)n1. The molecule has 0 aliphatic rings. The smallest absolute Gasteiger partial charge is 0.370 e. The highest BCUT2D eigenvalue weighted by Gasteiger charge is 2.28. The predicted molar refractivity (Wildman–Crippen MR) is 156 cm³/mol. The number of hydrogen-bond donors (Lipinski definition) is 2. The Balaban J connectivity index is 1.42. The van der Waals surface area contributed by atoms with Crippen LogP contribution in [0, 0.1) is 12.7 Å². The Labute approximate surface area is 258 Å². The monoisotopic (exact) mass is 641 g/mol. The van der Waals surface area contributed by atoms with E-state index in [2.05, 4.69) is 20.7 Å². The van der Waals surface area contributed by atoms with E-state index in [0.29, 0.717) is 17.1 Å². The molecule has 2 aromatic heterocycles. The van der Waals surface area contributed by atoms with Crippen molar-refractivity contribution in [2.45, 2.75) is 26.3 Å². The van der Waals surface area contributed by atoms with E-state index in [1.54, 1.807) is 13.0 Å². The van der Waals surface area contributed by atoms with Crippen molar-refractivity contribution in [1.29, 1.82) is 0 Å². The van der Waals surface area contributed by atoms with Gasteiger partial charge in [-0.3, -0.25) is 9.59 Å². The van der Waals surface area contributed by atoms with Crippen LogP contribution in [0.2, 0.25) is 5.02 Å². The second-order valence-electron chi connectivity index (χ2n) is 9.75. The molecule has 0 unspecified atom stereocenters. The van der Waals surface area contributed by atoms with Crippen LogP contribution in [0.5, 0.6) is 0 Å². The third kappa shape index (κ3) is 7.72. The number of halogens is 5. The molecule has 0 saturated carbocycles. The van der Waals surface area contributed by atoms with Crippen molar-refractivity contribution in [3.05, 3.63) is 118 Å². The van der Waals surface area contributed by atoms with Crippen LogP contribution >= 0.6 is 11.6 Å². The van der Waals surface area contributed by atoms with E-state index in [0.717, 1.165) is 5.56 Å². The van der Waals surface area contributed by atoms with Gasteiger partial charge in [0.25, 0.3) is 11.8 Å². The van der Waals surface area contributed by atoms with Crippen molar-refractivity contribution in [3.63, 3.8) is 0 Å². The average Bonchev–Trinajstić information content (AvgIpc) is 3.60. The summed E-state index contributed by atoms with van der Waals surface area (Å²) < 4.78 is 59.9. The zero-order chi connectivity index (χ0) is 32.1. The molecule has 0 spiro atoms. The van der Waals surface area contributed by atoms with E-state index in [1.165, 1.54) is 51.8 Å². The lowest BCUT2D eigenvalue weighted by molar-refractivity contribution is -0.123. The number of rotatable bonds is 10. The topological polar surface area (TPSA) is 116 Å². The molecule has 0 atom stereocenters. The van der Waals surface area contributed by atoms with Gasteiger partial charge in [-0.1, -0.05) is 47.1 Å². The van der Waals surface area contributed by atoms with Gasteiger partial charge in [-0.05, 0) is 55.0 Å². The maximum atomic E-state index is 13.8. The summed E-state index contributed by atoms with van der Waals surface area (Å²) >= 11 is 5.95. The van der Waals surface area contributed by atoms with Crippen molar-refractivity contribution < 1.29 is 31.9 Å². The van der Waals surface area contributed by atoms with E-state index in [-0.39, 0.29) is 41.0 Å². The Morgan fingerprint density at radius 1 is 0.911 bits per heavy atom. The summed E-state index contributed by atoms with van der Waals surface area (Å²) in [6.45, 7) is 0.348. The van der Waals surface area contributed by atoms with Crippen molar-refractivity contribution in [1.82, 2.24) is 30.1 Å². The molecular formula is C30H24ClF4N7O3. The first-order chi connectivity index (χ1) is 21.5. The number of carbonyl (C=O) groups is 2. The third-order valence-electron chi connectivity index (χ3n) is 6.37. The lowest BCUT2D eigenvalue weighted by atomic mass is 10.2. The van der Waals surface area contributed by atoms with E-state index < -0.39 is 30.4 Å². The molecule has 0 radical (unpaired) electrons. The fraction of sp³-hybridized carbons (Fsp3) is 0.167. The van der Waals surface area contributed by atoms with Gasteiger partial charge < -0.3 is 15.4 Å². The summed E-state index contributed by atoms with van der Waals surface area (Å²) in [7, 11) is 0. The molecule has 45 heavy (non-hydrogen) atoms. The Morgan fingerprint density at radius 2 is 1.62 bits per heavy atom. The number of carbonyl (C=O) groups excluding carboxylic acids is 2. The maximum Gasteiger partial charge on any atom is 0.405 e. The fourth-order valence-electron chi connectivity index (χ4n) is 4.27. The van der Waals surface area contributed by atoms with Gasteiger partial charge >= 0.3 is 6.18 Å². The molecule has 0 aliphatic carbocycles. The highest BCUT2D eigenvalue weighted by molar-refractivity contribution is 6.30. The normalized spacial score (nSPS) is 11.4. The molecule has 2 amide bonds. The zero-order valence-electron chi connectivity index (χ0n) is 23.5. The van der Waals surface area contributed by atoms with Crippen LogP contribution in [0.4, 0.5) is 23.4 Å². The van der Waals surface area contributed by atoms with Crippen LogP contribution in [0.3, 0.4) is 0 Å². The van der Waals surface area contributed by atoms with Crippen LogP contribution in [-0.2, 0) is 18.0 Å². The van der Waals surface area contributed by atoms with E-state index >= 15 is 0 Å². The van der Waals surface area contributed by atoms with Crippen LogP contribution in [0.25, 0.3) is 11.4 Å². The third-order valence-corrected chi connectivity index (χ3v) is 6.66. The minimum atomic E-state index is -4.55. The summed E-state index contributed by atoms with van der Waals surface area (Å²) in [5.41, 5.74) is 2.37. The molecule has 2 N–H and O–H groups in total. The predicted octanol–water partition coefficient (Wildman–Crippen LogP) is 5.82. The number of ether oxygens (including phenoxy) is 1. The van der Waals surface area contributed by atoms with Gasteiger partial charge in [0.15, 0.2) is 5.69 Å². The quantitative estimate of drug-likeness (QED) is 0.186. The number of benzene rings is 3. The van der Waals surface area contributed by atoms with Crippen molar-refractivity contribution >= 4 is 29.2 Å². The van der Waals surface area contributed by atoms with Gasteiger partial charge in [0.2, 0.25) is 0 Å². The van der Waals surface area contributed by atoms with E-state index in [4.69, 9.17) is 16.3 Å². The summed E-state index contributed by atoms with van der Waals surface area (Å²) in [5.74, 6) is -1.92. The van der Waals surface area contributed by atoms with Gasteiger partial charge in [-0.15, -0.1) is 5.10 Å². The molecule has 0 aliphatic heterocycles. The molecule has 0 fully saturated rings. The molecule has 5 aromatic rings. The lowest BCUT2D eigenvalue weighted by Gasteiger charge is -2.12. The number of nitrogens with one attached hydrogen (secondary N) is 2. The fourth-order valence-corrected chi connectivity index (χ4v) is 4.44. The number of aryl methyl sites for hydroxylation is 1. The number of aromatic nitrogens is 5. The van der Waals surface area contributed by atoms with Gasteiger partial charge in [-0.2, -0.15) is 18.3 Å². The largest absolute Gasteiger partial charge is 0.405 e. The average molecular weight is 642 g/mol. The van der Waals surface area contributed by atoms with Gasteiger partial charge in [0.1, 0.15) is 23.9 Å². The molecule has 10 nitrogen and oxygen atoms in total. The van der Waals surface area contributed by atoms with Crippen molar-refractivity contribution in [2.24, 2.45) is 0 Å². The molecule has 0 saturated heterocycles. The molecule has 0 bridgehead atoms. The standard InChI is InChI=1S/C30H24ClF4N7O3/c1-18-13-26(42(39-18)22-11-12-24(32)23(31)14-22)37-29(44)27-25(16-45-15-19-5-3-2-4-6-19)41(40-38-27)21-9-7-20(8-10-21)28(43)36-17-30(33,34)35/h2-14H,15-17H2,1H3,(H,36,43)(H,37,44). The molecule has 5 rings (SSSR count). The van der Waals surface area contributed by atoms with Crippen LogP contribution in [0.15, 0.2) is 78.9 Å². The lowest BCUT2D eigenvalue weighted by Crippen LogP contribution is -2.33. The minimum absolute atomic E-state index is 0.00696. The molecule has 3 aromatic carbocycles. The highest BCUT2D eigenvalue weighted by Crippen LogP contribution is 2.24. The Kier molecular flexibility index (Phi) is 9.25. The Morgan fingerprint density at radius 3 is 2.31 bits per heavy atom. The van der Waals surface area contributed by atoms with Crippen LogP contribution in [-0.4, -0.2) is 49.3 Å². The van der Waals surface area contributed by atoms with Gasteiger partial charge in [0.05, 0.1) is 35.3 Å². The van der Waals surface area contributed by atoms with E-state index in [9.17, 15) is 27.2 Å². The number of amides is 2. The summed E-state index contributed by atoms with van der Waals surface area (Å²) in [5, 5.41) is 17.0. The summed E-state index contributed by atoms with van der Waals surface area (Å²) in [6, 6.07) is 20.5. The molecule has 232 valence electrons. The Hall–Kier alpha value is -5.08. The minimum Gasteiger partial charge on any atom is -0.370 e. The first-order valence-electron chi connectivity index (χ1n) is 13.3. The first-order valence-corrected chi connectivity index (χ1v) is 13.7. The molecule has 15 heteroatoms. The van der Waals surface area contributed by atoms with Crippen LogP contribution in [0.1, 0.15) is 37.8 Å². The second-order valence-corrected chi connectivity index (χ2v) is 10.2. The zero-order valence-corrected chi connectivity index (χ0v) is 24.2. The first kappa shape index (κ1) is 31.3. The number of alkyl halides is 3. The van der Waals surface area contributed by atoms with Crippen LogP contribution < -0.4 is 10.6 Å². The number of nitrogens with zero attached hydrogens (tertiary/aromatic N) is 5. The number of anilines is 1. The summed E-state index contributed by atoms with van der Waals surface area (Å²) in [6.07, 6.45) is -4.55. The van der Waals surface area contributed by atoms with Crippen molar-refractivity contribution in [3.8, 4) is 11.4 Å². The summed E-state index contributed by atoms with van der Waals surface area (Å²) in [4.78, 5) is 25.7. The number of hydrogen-bond acceptors (Lipinski definition) is 6.